The molecule has 0 saturated heterocycles. The van der Waals surface area contributed by atoms with Crippen LogP contribution < -0.4 is 5.73 Å². The first-order valence-electron chi connectivity index (χ1n) is 3.80. The summed E-state index contributed by atoms with van der Waals surface area (Å²) in [4.78, 5) is 3.71. The second kappa shape index (κ2) is 3.73. The van der Waals surface area contributed by atoms with Crippen LogP contribution in [-0.4, -0.2) is 35.2 Å². The van der Waals surface area contributed by atoms with Crippen molar-refractivity contribution in [3.05, 3.63) is 6.33 Å². The minimum absolute atomic E-state index is 0.159. The van der Waals surface area contributed by atoms with Crippen LogP contribution in [0.2, 0.25) is 0 Å². The van der Waals surface area contributed by atoms with E-state index in [1.807, 2.05) is 0 Å². The number of nitrogens with zero attached hydrogens (tertiary/aromatic N) is 3. The number of hydrogen-bond acceptors (Lipinski definition) is 5. The van der Waals surface area contributed by atoms with Crippen LogP contribution >= 0.6 is 0 Å². The fourth-order valence-electron chi connectivity index (χ4n) is 0.906. The fraction of sp³-hybridized carbons (Fsp3) is 0.667. The van der Waals surface area contributed by atoms with Gasteiger partial charge in [0.05, 0.1) is 5.75 Å². The highest BCUT2D eigenvalue weighted by Crippen LogP contribution is 1.94. The maximum absolute atomic E-state index is 10.8. The van der Waals surface area contributed by atoms with Crippen molar-refractivity contribution < 1.29 is 8.42 Å². The van der Waals surface area contributed by atoms with Crippen LogP contribution in [0.1, 0.15) is 6.42 Å². The van der Waals surface area contributed by atoms with Crippen LogP contribution in [0, 0.1) is 0 Å². The molecule has 0 unspecified atom stereocenters. The third-order valence-corrected chi connectivity index (χ3v) is 2.49. The summed E-state index contributed by atoms with van der Waals surface area (Å²) < 4.78 is 23.0. The number of rotatable bonds is 4. The Labute approximate surface area is 76.7 Å². The van der Waals surface area contributed by atoms with Crippen molar-refractivity contribution in [2.45, 2.75) is 13.0 Å². The van der Waals surface area contributed by atoms with Gasteiger partial charge in [-0.25, -0.2) is 13.4 Å². The molecule has 0 aromatic carbocycles. The molecule has 74 valence electrons. The number of hydrogen-bond donors (Lipinski definition) is 1. The van der Waals surface area contributed by atoms with E-state index >= 15 is 0 Å². The van der Waals surface area contributed by atoms with Gasteiger partial charge in [-0.15, -0.1) is 5.10 Å². The van der Waals surface area contributed by atoms with Crippen LogP contribution in [0.3, 0.4) is 0 Å². The summed E-state index contributed by atoms with van der Waals surface area (Å²) >= 11 is 0. The molecule has 0 fully saturated rings. The highest BCUT2D eigenvalue weighted by Gasteiger charge is 2.02. The first-order chi connectivity index (χ1) is 5.97. The van der Waals surface area contributed by atoms with Gasteiger partial charge < -0.3 is 5.73 Å². The predicted octanol–water partition coefficient (Wildman–Crippen LogP) is -0.705. The standard InChI is InChI=1S/C6H12N4O2S/c1-13(11,12)4-2-3-10-5-8-6(7)9-10/h5H,2-4H2,1H3,(H2,7,9). The van der Waals surface area contributed by atoms with Crippen molar-refractivity contribution in [1.82, 2.24) is 14.8 Å². The minimum Gasteiger partial charge on any atom is -0.367 e. The van der Waals surface area contributed by atoms with Gasteiger partial charge in [-0.2, -0.15) is 0 Å². The number of sulfone groups is 1. The van der Waals surface area contributed by atoms with Crippen molar-refractivity contribution in [3.63, 3.8) is 0 Å². The Morgan fingerprint density at radius 3 is 2.77 bits per heavy atom. The van der Waals surface area contributed by atoms with E-state index in [4.69, 9.17) is 5.73 Å². The molecule has 1 rings (SSSR count). The molecule has 0 amide bonds. The summed E-state index contributed by atoms with van der Waals surface area (Å²) in [5.41, 5.74) is 5.27. The third kappa shape index (κ3) is 3.88. The number of aryl methyl sites for hydroxylation is 1. The number of anilines is 1. The van der Waals surface area contributed by atoms with Crippen molar-refractivity contribution in [2.24, 2.45) is 0 Å². The van der Waals surface area contributed by atoms with Gasteiger partial charge >= 0.3 is 0 Å². The smallest absolute Gasteiger partial charge is 0.239 e. The number of nitrogen functional groups attached to an aromatic ring is 1. The summed E-state index contributed by atoms with van der Waals surface area (Å²) in [5.74, 6) is 0.367. The molecule has 0 atom stereocenters. The first-order valence-corrected chi connectivity index (χ1v) is 5.86. The lowest BCUT2D eigenvalue weighted by atomic mass is 10.5. The third-order valence-electron chi connectivity index (χ3n) is 1.46. The van der Waals surface area contributed by atoms with Crippen LogP contribution in [-0.2, 0) is 16.4 Å². The molecule has 0 aliphatic rings. The van der Waals surface area contributed by atoms with E-state index < -0.39 is 9.84 Å². The lowest BCUT2D eigenvalue weighted by Crippen LogP contribution is -2.07. The fourth-order valence-corrected chi connectivity index (χ4v) is 1.56. The van der Waals surface area contributed by atoms with E-state index in [9.17, 15) is 8.42 Å². The first kappa shape index (κ1) is 9.97. The highest BCUT2D eigenvalue weighted by atomic mass is 32.2. The zero-order chi connectivity index (χ0) is 9.90. The number of nitrogens with two attached hydrogens (primary N) is 1. The van der Waals surface area contributed by atoms with Gasteiger partial charge in [0.1, 0.15) is 16.2 Å². The SMILES string of the molecule is CS(=O)(=O)CCCn1cnc(N)n1. The molecule has 0 aliphatic heterocycles. The van der Waals surface area contributed by atoms with Crippen LogP contribution in [0.4, 0.5) is 5.95 Å². The summed E-state index contributed by atoms with van der Waals surface area (Å²) in [6, 6.07) is 0. The summed E-state index contributed by atoms with van der Waals surface area (Å²) in [6.07, 6.45) is 3.22. The van der Waals surface area contributed by atoms with E-state index in [1.165, 1.54) is 17.3 Å². The summed E-state index contributed by atoms with van der Waals surface area (Å²) in [6.45, 7) is 0.525. The average molecular weight is 204 g/mol. The Morgan fingerprint density at radius 2 is 2.31 bits per heavy atom. The molecule has 0 radical (unpaired) electrons. The van der Waals surface area contributed by atoms with Gasteiger partial charge in [0, 0.05) is 12.8 Å². The van der Waals surface area contributed by atoms with Gasteiger partial charge in [0.15, 0.2) is 0 Å². The van der Waals surface area contributed by atoms with Gasteiger partial charge in [-0.1, -0.05) is 0 Å². The molecule has 0 aliphatic carbocycles. The quantitative estimate of drug-likeness (QED) is 0.700. The molecule has 0 saturated carbocycles. The van der Waals surface area contributed by atoms with E-state index in [1.54, 1.807) is 0 Å². The van der Waals surface area contributed by atoms with Crippen LogP contribution in [0.15, 0.2) is 6.33 Å². The maximum Gasteiger partial charge on any atom is 0.239 e. The zero-order valence-electron chi connectivity index (χ0n) is 7.34. The topological polar surface area (TPSA) is 90.9 Å². The number of aromatic nitrogens is 3. The Bertz CT molecular complexity index is 370. The molecule has 6 nitrogen and oxygen atoms in total. The van der Waals surface area contributed by atoms with Gasteiger partial charge in [-0.05, 0) is 6.42 Å². The second-order valence-corrected chi connectivity index (χ2v) is 5.11. The summed E-state index contributed by atoms with van der Waals surface area (Å²) in [5, 5.41) is 3.82. The van der Waals surface area contributed by atoms with E-state index in [0.29, 0.717) is 13.0 Å². The molecule has 1 aromatic rings. The van der Waals surface area contributed by atoms with Crippen molar-refractivity contribution in [1.29, 1.82) is 0 Å². The van der Waals surface area contributed by atoms with Gasteiger partial charge in [0.25, 0.3) is 0 Å². The maximum atomic E-state index is 10.8. The zero-order valence-corrected chi connectivity index (χ0v) is 8.16. The molecule has 0 spiro atoms. The van der Waals surface area contributed by atoms with E-state index in [2.05, 4.69) is 10.1 Å². The minimum atomic E-state index is -2.88. The van der Waals surface area contributed by atoms with Crippen LogP contribution in [0.5, 0.6) is 0 Å². The molecule has 0 bridgehead atoms. The normalized spacial score (nSPS) is 11.8. The van der Waals surface area contributed by atoms with Crippen molar-refractivity contribution in [3.8, 4) is 0 Å². The molecular formula is C6H12N4O2S. The largest absolute Gasteiger partial charge is 0.367 e. The molecule has 2 N–H and O–H groups in total. The second-order valence-electron chi connectivity index (χ2n) is 2.85. The lowest BCUT2D eigenvalue weighted by Gasteiger charge is -1.98. The molecule has 7 heteroatoms. The lowest BCUT2D eigenvalue weighted by molar-refractivity contribution is 0.576. The molecule has 1 aromatic heterocycles. The molecule has 1 heterocycles. The van der Waals surface area contributed by atoms with Crippen molar-refractivity contribution >= 4 is 15.8 Å². The van der Waals surface area contributed by atoms with E-state index in [0.717, 1.165) is 0 Å². The Balaban J connectivity index is 2.36. The Morgan fingerprint density at radius 1 is 1.62 bits per heavy atom. The summed E-state index contributed by atoms with van der Waals surface area (Å²) in [7, 11) is -2.88. The van der Waals surface area contributed by atoms with Crippen molar-refractivity contribution in [2.75, 3.05) is 17.7 Å². The van der Waals surface area contributed by atoms with Gasteiger partial charge in [-0.3, -0.25) is 4.68 Å². The Hall–Kier alpha value is -1.11. The average Bonchev–Trinajstić information content (AvgIpc) is 2.33. The van der Waals surface area contributed by atoms with Crippen LogP contribution in [0.25, 0.3) is 0 Å². The molecular weight excluding hydrogens is 192 g/mol. The predicted molar refractivity (Wildman–Crippen MR) is 48.8 cm³/mol. The van der Waals surface area contributed by atoms with Gasteiger partial charge in [0.2, 0.25) is 5.95 Å². The Kier molecular flexibility index (Phi) is 2.86. The highest BCUT2D eigenvalue weighted by molar-refractivity contribution is 7.90. The monoisotopic (exact) mass is 204 g/mol. The molecule has 13 heavy (non-hydrogen) atoms. The van der Waals surface area contributed by atoms with E-state index in [-0.39, 0.29) is 11.7 Å².